The quantitative estimate of drug-likeness (QED) is 0.432. The number of allylic oxidation sites excluding steroid dienone is 1. The lowest BCUT2D eigenvalue weighted by molar-refractivity contribution is -0.117. The summed E-state index contributed by atoms with van der Waals surface area (Å²) in [6.07, 6.45) is 12.2. The SMILES string of the molecule is CC(O[Si](C)(C)C(C)(C)C)[C@H]1CC[C@H]2[C@@H]3CCC4=CC(=O)CC[C@]4(C)[C@H]3CC[C@]12C. The average molecular weight is 431 g/mol. The molecule has 30 heavy (non-hydrogen) atoms. The summed E-state index contributed by atoms with van der Waals surface area (Å²) in [5.41, 5.74) is 2.22. The van der Waals surface area contributed by atoms with Crippen LogP contribution in [0.1, 0.15) is 92.9 Å². The Morgan fingerprint density at radius 2 is 1.73 bits per heavy atom. The Morgan fingerprint density at radius 1 is 1.03 bits per heavy atom. The summed E-state index contributed by atoms with van der Waals surface area (Å²) in [6, 6.07) is 0. The van der Waals surface area contributed by atoms with Crippen molar-refractivity contribution in [2.75, 3.05) is 0 Å². The molecule has 0 aliphatic heterocycles. The van der Waals surface area contributed by atoms with Gasteiger partial charge in [-0.1, -0.05) is 40.2 Å². The van der Waals surface area contributed by atoms with Crippen LogP contribution in [0.15, 0.2) is 11.6 Å². The van der Waals surface area contributed by atoms with Crippen LogP contribution in [0.2, 0.25) is 18.1 Å². The highest BCUT2D eigenvalue weighted by molar-refractivity contribution is 6.74. The number of hydrogen-bond acceptors (Lipinski definition) is 2. The standard InChI is InChI=1S/C27H46O2Si/c1-18(29-30(7,8)25(2,3)4)22-11-12-23-21-10-9-19-17-20(28)13-15-26(19,5)24(21)14-16-27(22,23)6/h17-18,21-24H,9-16H2,1-8H3/t18?,21-,22+,23-,24-,26-,27+/m0/s1. The smallest absolute Gasteiger partial charge is 0.192 e. The van der Waals surface area contributed by atoms with Crippen molar-refractivity contribution in [3.05, 3.63) is 11.6 Å². The van der Waals surface area contributed by atoms with Gasteiger partial charge >= 0.3 is 0 Å². The molecule has 170 valence electrons. The zero-order valence-corrected chi connectivity index (χ0v) is 21.9. The van der Waals surface area contributed by atoms with Gasteiger partial charge in [0.25, 0.3) is 0 Å². The molecule has 2 nitrogen and oxygen atoms in total. The number of ketones is 1. The summed E-state index contributed by atoms with van der Waals surface area (Å²) in [5.74, 6) is 3.57. The Balaban J connectivity index is 1.55. The molecule has 0 spiro atoms. The van der Waals surface area contributed by atoms with Gasteiger partial charge in [0.15, 0.2) is 14.1 Å². The number of rotatable bonds is 3. The number of fused-ring (bicyclic) bond motifs is 5. The van der Waals surface area contributed by atoms with Crippen molar-refractivity contribution in [2.24, 2.45) is 34.5 Å². The van der Waals surface area contributed by atoms with E-state index in [1.807, 2.05) is 6.08 Å². The fraction of sp³-hybridized carbons (Fsp3) is 0.889. The van der Waals surface area contributed by atoms with Crippen LogP contribution in [0.25, 0.3) is 0 Å². The molecule has 1 unspecified atom stereocenters. The third-order valence-electron chi connectivity index (χ3n) is 10.9. The largest absolute Gasteiger partial charge is 0.414 e. The van der Waals surface area contributed by atoms with E-state index in [1.54, 1.807) is 0 Å². The molecule has 4 aliphatic carbocycles. The predicted octanol–water partition coefficient (Wildman–Crippen LogP) is 7.54. The molecule has 4 rings (SSSR count). The van der Waals surface area contributed by atoms with Gasteiger partial charge in [0.2, 0.25) is 0 Å². The topological polar surface area (TPSA) is 26.3 Å². The van der Waals surface area contributed by atoms with Gasteiger partial charge in [0.05, 0.1) is 0 Å². The molecule has 4 aliphatic rings. The van der Waals surface area contributed by atoms with E-state index in [0.717, 1.165) is 37.0 Å². The molecule has 0 aromatic heterocycles. The third kappa shape index (κ3) is 3.41. The Kier molecular flexibility index (Phi) is 5.54. The molecular weight excluding hydrogens is 384 g/mol. The Bertz CT molecular complexity index is 732. The monoisotopic (exact) mass is 430 g/mol. The van der Waals surface area contributed by atoms with Crippen LogP contribution in [-0.2, 0) is 9.22 Å². The van der Waals surface area contributed by atoms with Gasteiger partial charge in [-0.3, -0.25) is 4.79 Å². The van der Waals surface area contributed by atoms with Crippen molar-refractivity contribution in [1.29, 1.82) is 0 Å². The molecule has 0 heterocycles. The van der Waals surface area contributed by atoms with Crippen molar-refractivity contribution < 1.29 is 9.22 Å². The minimum absolute atomic E-state index is 0.275. The highest BCUT2D eigenvalue weighted by atomic mass is 28.4. The Labute approximate surface area is 186 Å². The maximum absolute atomic E-state index is 12.1. The maximum atomic E-state index is 12.1. The normalized spacial score (nSPS) is 42.8. The predicted molar refractivity (Wildman–Crippen MR) is 128 cm³/mol. The van der Waals surface area contributed by atoms with Gasteiger partial charge in [-0.25, -0.2) is 0 Å². The Hall–Kier alpha value is -0.413. The van der Waals surface area contributed by atoms with E-state index in [1.165, 1.54) is 37.7 Å². The minimum atomic E-state index is -1.74. The third-order valence-corrected chi connectivity index (χ3v) is 15.5. The molecule has 0 saturated heterocycles. The second-order valence-corrected chi connectivity index (χ2v) is 18.0. The van der Waals surface area contributed by atoms with Crippen LogP contribution in [0.4, 0.5) is 0 Å². The lowest BCUT2D eigenvalue weighted by Gasteiger charge is -2.58. The molecule has 0 radical (unpaired) electrons. The van der Waals surface area contributed by atoms with Gasteiger partial charge in [0.1, 0.15) is 0 Å². The van der Waals surface area contributed by atoms with Crippen molar-refractivity contribution in [1.82, 2.24) is 0 Å². The first kappa shape index (κ1) is 22.8. The molecule has 0 aromatic carbocycles. The van der Waals surface area contributed by atoms with E-state index in [2.05, 4.69) is 54.6 Å². The van der Waals surface area contributed by atoms with Gasteiger partial charge < -0.3 is 4.43 Å². The second kappa shape index (κ2) is 7.30. The minimum Gasteiger partial charge on any atom is -0.414 e. The van der Waals surface area contributed by atoms with Crippen molar-refractivity contribution >= 4 is 14.1 Å². The van der Waals surface area contributed by atoms with Crippen LogP contribution in [0.3, 0.4) is 0 Å². The van der Waals surface area contributed by atoms with Crippen LogP contribution >= 0.6 is 0 Å². The number of hydrogen-bond donors (Lipinski definition) is 0. The average Bonchev–Trinajstić information content (AvgIpc) is 2.98. The van der Waals surface area contributed by atoms with Crippen molar-refractivity contribution in [2.45, 2.75) is 117 Å². The van der Waals surface area contributed by atoms with Gasteiger partial charge in [0, 0.05) is 12.5 Å². The van der Waals surface area contributed by atoms with Gasteiger partial charge in [-0.2, -0.15) is 0 Å². The van der Waals surface area contributed by atoms with Crippen molar-refractivity contribution in [3.63, 3.8) is 0 Å². The van der Waals surface area contributed by atoms with Crippen LogP contribution in [-0.4, -0.2) is 20.2 Å². The van der Waals surface area contributed by atoms with Gasteiger partial charge in [-0.15, -0.1) is 0 Å². The lowest BCUT2D eigenvalue weighted by Crippen LogP contribution is -2.52. The molecule has 0 bridgehead atoms. The molecule has 0 aromatic rings. The molecule has 0 amide bonds. The summed E-state index contributed by atoms with van der Waals surface area (Å²) in [4.78, 5) is 12.1. The molecule has 3 heteroatoms. The highest BCUT2D eigenvalue weighted by Gasteiger charge is 2.60. The van der Waals surface area contributed by atoms with E-state index in [4.69, 9.17) is 4.43 Å². The highest BCUT2D eigenvalue weighted by Crippen LogP contribution is 2.67. The van der Waals surface area contributed by atoms with Gasteiger partial charge in [-0.05, 0) is 111 Å². The lowest BCUT2D eigenvalue weighted by atomic mass is 9.46. The summed E-state index contributed by atoms with van der Waals surface area (Å²) >= 11 is 0. The second-order valence-electron chi connectivity index (χ2n) is 13.3. The molecule has 0 N–H and O–H groups in total. The first-order chi connectivity index (χ1) is 13.8. The zero-order chi connectivity index (χ0) is 22.1. The first-order valence-electron chi connectivity index (χ1n) is 12.7. The first-order valence-corrected chi connectivity index (χ1v) is 15.6. The molecule has 7 atom stereocenters. The van der Waals surface area contributed by atoms with Crippen LogP contribution in [0.5, 0.6) is 0 Å². The fourth-order valence-corrected chi connectivity index (χ4v) is 9.54. The van der Waals surface area contributed by atoms with Crippen LogP contribution < -0.4 is 0 Å². The molecule has 3 saturated carbocycles. The van der Waals surface area contributed by atoms with E-state index < -0.39 is 8.32 Å². The van der Waals surface area contributed by atoms with E-state index in [-0.39, 0.29) is 5.04 Å². The summed E-state index contributed by atoms with van der Waals surface area (Å²) < 4.78 is 6.95. The fourth-order valence-electron chi connectivity index (χ4n) is 8.09. The number of carbonyl (C=O) groups is 1. The van der Waals surface area contributed by atoms with E-state index in [9.17, 15) is 4.79 Å². The summed E-state index contributed by atoms with van der Waals surface area (Å²) in [6.45, 7) is 19.4. The van der Waals surface area contributed by atoms with E-state index >= 15 is 0 Å². The van der Waals surface area contributed by atoms with Crippen molar-refractivity contribution in [3.8, 4) is 0 Å². The maximum Gasteiger partial charge on any atom is 0.192 e. The zero-order valence-electron chi connectivity index (χ0n) is 20.9. The molecule has 3 fully saturated rings. The molecular formula is C27H46O2Si. The van der Waals surface area contributed by atoms with E-state index in [0.29, 0.717) is 28.6 Å². The van der Waals surface area contributed by atoms with Crippen LogP contribution in [0, 0.1) is 34.5 Å². The Morgan fingerprint density at radius 3 is 2.40 bits per heavy atom. The summed E-state index contributed by atoms with van der Waals surface area (Å²) in [5, 5.41) is 0.275. The number of carbonyl (C=O) groups excluding carboxylic acids is 1. The summed E-state index contributed by atoms with van der Waals surface area (Å²) in [7, 11) is -1.74.